The fourth-order valence-electron chi connectivity index (χ4n) is 1.34. The third-order valence-electron chi connectivity index (χ3n) is 1.93. The van der Waals surface area contributed by atoms with E-state index in [2.05, 4.69) is 4.98 Å². The highest BCUT2D eigenvalue weighted by atomic mass is 16.1. The van der Waals surface area contributed by atoms with Crippen molar-refractivity contribution in [2.75, 3.05) is 0 Å². The smallest absolute Gasteiger partial charge is 0.128 e. The lowest BCUT2D eigenvalue weighted by molar-refractivity contribution is -0.104. The molecule has 0 fully saturated rings. The van der Waals surface area contributed by atoms with E-state index in [-0.39, 0.29) is 0 Å². The van der Waals surface area contributed by atoms with E-state index in [1.807, 2.05) is 30.3 Å². The molecular formula is C11H8NO. The summed E-state index contributed by atoms with van der Waals surface area (Å²) < 4.78 is 0. The summed E-state index contributed by atoms with van der Waals surface area (Å²) in [5, 5.41) is 1.01. The van der Waals surface area contributed by atoms with Gasteiger partial charge in [-0.25, -0.2) is 0 Å². The molecule has 1 radical (unpaired) electrons. The van der Waals surface area contributed by atoms with E-state index in [0.717, 1.165) is 22.8 Å². The number of hydrogen-bond acceptors (Lipinski definition) is 2. The molecule has 2 aromatic rings. The Bertz CT molecular complexity index is 432. The van der Waals surface area contributed by atoms with Crippen molar-refractivity contribution in [3.05, 3.63) is 48.5 Å². The van der Waals surface area contributed by atoms with Crippen LogP contribution in [-0.2, 0) is 4.79 Å². The molecule has 63 valence electrons. The molecule has 1 aromatic carbocycles. The molecule has 1 heterocycles. The first kappa shape index (κ1) is 7.92. The first-order valence-corrected chi connectivity index (χ1v) is 4.04. The van der Waals surface area contributed by atoms with Crippen LogP contribution in [0.3, 0.4) is 0 Å². The summed E-state index contributed by atoms with van der Waals surface area (Å²) >= 11 is 0. The van der Waals surface area contributed by atoms with Gasteiger partial charge in [-0.2, -0.15) is 0 Å². The summed E-state index contributed by atoms with van der Waals surface area (Å²) in [4.78, 5) is 14.5. The van der Waals surface area contributed by atoms with Gasteiger partial charge in [0.2, 0.25) is 0 Å². The van der Waals surface area contributed by atoms with Crippen molar-refractivity contribution in [1.82, 2.24) is 4.98 Å². The lowest BCUT2D eigenvalue weighted by Crippen LogP contribution is -1.86. The van der Waals surface area contributed by atoms with Gasteiger partial charge in [-0.15, -0.1) is 0 Å². The monoisotopic (exact) mass is 170 g/mol. The maximum atomic E-state index is 10.3. The second-order valence-corrected chi connectivity index (χ2v) is 2.72. The lowest BCUT2D eigenvalue weighted by Gasteiger charge is -2.00. The van der Waals surface area contributed by atoms with Gasteiger partial charge in [-0.3, -0.25) is 4.98 Å². The second kappa shape index (κ2) is 3.35. The van der Waals surface area contributed by atoms with Crippen molar-refractivity contribution >= 4 is 17.2 Å². The fraction of sp³-hybridized carbons (Fsp3) is 0. The van der Waals surface area contributed by atoms with Crippen molar-refractivity contribution in [1.29, 1.82) is 0 Å². The number of rotatable bonds is 2. The highest BCUT2D eigenvalue weighted by Gasteiger charge is 1.99. The van der Waals surface area contributed by atoms with Gasteiger partial charge >= 0.3 is 0 Å². The minimum Gasteiger partial charge on any atom is -0.303 e. The number of aromatic nitrogens is 1. The van der Waals surface area contributed by atoms with Gasteiger partial charge < -0.3 is 4.79 Å². The molecule has 0 saturated heterocycles. The van der Waals surface area contributed by atoms with Crippen LogP contribution in [0.5, 0.6) is 0 Å². The Balaban J connectivity index is 2.68. The Kier molecular flexibility index (Phi) is 2.04. The van der Waals surface area contributed by atoms with Crippen molar-refractivity contribution in [2.45, 2.75) is 0 Å². The topological polar surface area (TPSA) is 30.0 Å². The van der Waals surface area contributed by atoms with E-state index in [1.54, 1.807) is 12.6 Å². The molecule has 0 atom stereocenters. The maximum absolute atomic E-state index is 10.3. The number of para-hydroxylation sites is 1. The number of pyridine rings is 1. The van der Waals surface area contributed by atoms with Crippen LogP contribution in [0.1, 0.15) is 5.56 Å². The first-order valence-electron chi connectivity index (χ1n) is 4.04. The predicted molar refractivity (Wildman–Crippen MR) is 51.2 cm³/mol. The minimum absolute atomic E-state index is 0.793. The van der Waals surface area contributed by atoms with Crippen LogP contribution in [-0.4, -0.2) is 11.3 Å². The molecule has 1 aromatic heterocycles. The van der Waals surface area contributed by atoms with Crippen LogP contribution in [0.4, 0.5) is 0 Å². The predicted octanol–water partition coefficient (Wildman–Crippen LogP) is 1.99. The zero-order valence-electron chi connectivity index (χ0n) is 6.97. The van der Waals surface area contributed by atoms with E-state index in [4.69, 9.17) is 0 Å². The molecule has 2 rings (SSSR count). The number of fused-ring (bicyclic) bond motifs is 1. The minimum atomic E-state index is 0.793. The third kappa shape index (κ3) is 1.43. The van der Waals surface area contributed by atoms with Crippen LogP contribution < -0.4 is 0 Å². The third-order valence-corrected chi connectivity index (χ3v) is 1.93. The number of hydrogen-bond donors (Lipinski definition) is 0. The molecule has 2 heteroatoms. The van der Waals surface area contributed by atoms with E-state index in [9.17, 15) is 4.79 Å². The molecule has 0 spiro atoms. The summed E-state index contributed by atoms with van der Waals surface area (Å²) in [5.74, 6) is 0. The quantitative estimate of drug-likeness (QED) is 0.645. The van der Waals surface area contributed by atoms with Gasteiger partial charge in [0.05, 0.1) is 11.9 Å². The highest BCUT2D eigenvalue weighted by Crippen LogP contribution is 2.16. The SMILES string of the molecule is O=C[CH]c1ccnc2ccccc12. The van der Waals surface area contributed by atoms with Crippen molar-refractivity contribution in [3.8, 4) is 0 Å². The molecule has 0 N–H and O–H groups in total. The molecular weight excluding hydrogens is 162 g/mol. The fourth-order valence-corrected chi connectivity index (χ4v) is 1.34. The summed E-state index contributed by atoms with van der Waals surface area (Å²) in [5.41, 5.74) is 1.83. The number of nitrogens with zero attached hydrogens (tertiary/aromatic N) is 1. The van der Waals surface area contributed by atoms with Crippen LogP contribution in [0, 0.1) is 6.42 Å². The Hall–Kier alpha value is -1.70. The van der Waals surface area contributed by atoms with Crippen LogP contribution in [0.15, 0.2) is 36.5 Å². The van der Waals surface area contributed by atoms with Crippen LogP contribution in [0.2, 0.25) is 0 Å². The molecule has 0 saturated carbocycles. The maximum Gasteiger partial charge on any atom is 0.128 e. The molecule has 13 heavy (non-hydrogen) atoms. The van der Waals surface area contributed by atoms with Crippen molar-refractivity contribution in [2.24, 2.45) is 0 Å². The van der Waals surface area contributed by atoms with Gasteiger partial charge in [0, 0.05) is 11.6 Å². The highest BCUT2D eigenvalue weighted by molar-refractivity contribution is 5.87. The van der Waals surface area contributed by atoms with Gasteiger partial charge in [0.25, 0.3) is 0 Å². The average molecular weight is 170 g/mol. The Morgan fingerprint density at radius 3 is 2.85 bits per heavy atom. The summed E-state index contributed by atoms with van der Waals surface area (Å²) in [7, 11) is 0. The average Bonchev–Trinajstić information content (AvgIpc) is 2.19. The first-order chi connectivity index (χ1) is 6.42. The summed E-state index contributed by atoms with van der Waals surface area (Å²) in [6, 6.07) is 9.58. The lowest BCUT2D eigenvalue weighted by atomic mass is 10.1. The number of benzene rings is 1. The molecule has 0 amide bonds. The van der Waals surface area contributed by atoms with Gasteiger partial charge in [0.1, 0.15) is 6.29 Å². The normalized spacial score (nSPS) is 10.2. The van der Waals surface area contributed by atoms with E-state index in [0.29, 0.717) is 0 Å². The van der Waals surface area contributed by atoms with E-state index in [1.165, 1.54) is 0 Å². The Morgan fingerprint density at radius 2 is 2.00 bits per heavy atom. The van der Waals surface area contributed by atoms with Gasteiger partial charge in [-0.05, 0) is 17.7 Å². The molecule has 2 nitrogen and oxygen atoms in total. The van der Waals surface area contributed by atoms with Gasteiger partial charge in [0.15, 0.2) is 0 Å². The van der Waals surface area contributed by atoms with Crippen molar-refractivity contribution < 1.29 is 4.79 Å². The molecule has 0 bridgehead atoms. The summed E-state index contributed by atoms with van der Waals surface area (Å²) in [6.07, 6.45) is 4.05. The number of carbonyl (C=O) groups excluding carboxylic acids is 1. The molecule has 0 unspecified atom stereocenters. The zero-order chi connectivity index (χ0) is 9.10. The number of carbonyl (C=O) groups is 1. The second-order valence-electron chi connectivity index (χ2n) is 2.72. The van der Waals surface area contributed by atoms with Crippen LogP contribution >= 0.6 is 0 Å². The van der Waals surface area contributed by atoms with E-state index < -0.39 is 0 Å². The molecule has 0 aliphatic carbocycles. The summed E-state index contributed by atoms with van der Waals surface area (Å²) in [6.45, 7) is 0. The largest absolute Gasteiger partial charge is 0.303 e. The van der Waals surface area contributed by atoms with Gasteiger partial charge in [-0.1, -0.05) is 18.2 Å². The van der Waals surface area contributed by atoms with Crippen LogP contribution in [0.25, 0.3) is 10.9 Å². The number of aldehydes is 1. The van der Waals surface area contributed by atoms with Crippen molar-refractivity contribution in [3.63, 3.8) is 0 Å². The Morgan fingerprint density at radius 1 is 1.15 bits per heavy atom. The Labute approximate surface area is 76.2 Å². The molecule has 0 aliphatic rings. The zero-order valence-corrected chi connectivity index (χ0v) is 6.97. The standard InChI is InChI=1S/C11H8NO/c13-8-6-9-5-7-12-11-4-2-1-3-10(9)11/h1-8H. The molecule has 0 aliphatic heterocycles. The van der Waals surface area contributed by atoms with E-state index >= 15 is 0 Å².